The van der Waals surface area contributed by atoms with Crippen LogP contribution in [0.2, 0.25) is 0 Å². The molecule has 90 valence electrons. The summed E-state index contributed by atoms with van der Waals surface area (Å²) in [4.78, 5) is 11.6. The number of rotatable bonds is 4. The van der Waals surface area contributed by atoms with Gasteiger partial charge in [0.2, 0.25) is 5.91 Å². The maximum Gasteiger partial charge on any atom is 0.239 e. The topological polar surface area (TPSA) is 50.4 Å². The molecule has 0 aromatic rings. The molecule has 1 aliphatic heterocycles. The van der Waals surface area contributed by atoms with E-state index in [-0.39, 0.29) is 30.4 Å². The van der Waals surface area contributed by atoms with E-state index >= 15 is 0 Å². The molecule has 2 N–H and O–H groups in total. The lowest BCUT2D eigenvalue weighted by Crippen LogP contribution is -2.53. The first kappa shape index (κ1) is 15.0. The van der Waals surface area contributed by atoms with Crippen LogP contribution in [0.25, 0.3) is 0 Å². The molecule has 0 aromatic heterocycles. The smallest absolute Gasteiger partial charge is 0.239 e. The van der Waals surface area contributed by atoms with E-state index in [1.165, 1.54) is 0 Å². The molecule has 0 aliphatic carbocycles. The molecule has 1 saturated heterocycles. The molecule has 15 heavy (non-hydrogen) atoms. The molecule has 1 rings (SSSR count). The molecule has 2 unspecified atom stereocenters. The van der Waals surface area contributed by atoms with E-state index in [9.17, 15) is 4.79 Å². The van der Waals surface area contributed by atoms with E-state index in [0.717, 1.165) is 12.3 Å². The fourth-order valence-corrected chi connectivity index (χ4v) is 1.95. The van der Waals surface area contributed by atoms with Crippen LogP contribution in [0.5, 0.6) is 0 Å². The Labute approximate surface area is 101 Å². The van der Waals surface area contributed by atoms with Crippen molar-refractivity contribution in [1.82, 2.24) is 10.6 Å². The van der Waals surface area contributed by atoms with Gasteiger partial charge in [-0.05, 0) is 13.2 Å². The Morgan fingerprint density at radius 2 is 2.47 bits per heavy atom. The number of ether oxygens (including phenoxy) is 1. The summed E-state index contributed by atoms with van der Waals surface area (Å²) in [6, 6.07) is 0.0503. The van der Waals surface area contributed by atoms with E-state index in [0.29, 0.717) is 13.2 Å². The second kappa shape index (κ2) is 8.21. The van der Waals surface area contributed by atoms with Crippen molar-refractivity contribution in [1.29, 1.82) is 0 Å². The summed E-state index contributed by atoms with van der Waals surface area (Å²) < 4.78 is 5.22. The van der Waals surface area contributed by atoms with E-state index in [2.05, 4.69) is 10.6 Å². The van der Waals surface area contributed by atoms with Crippen LogP contribution in [-0.2, 0) is 9.53 Å². The summed E-state index contributed by atoms with van der Waals surface area (Å²) in [6.45, 7) is 3.95. The predicted molar refractivity (Wildman–Crippen MR) is 65.8 cm³/mol. The molecule has 1 heterocycles. The number of morpholine rings is 1. The van der Waals surface area contributed by atoms with Gasteiger partial charge in [0.15, 0.2) is 0 Å². The van der Waals surface area contributed by atoms with Crippen LogP contribution < -0.4 is 10.6 Å². The van der Waals surface area contributed by atoms with Crippen LogP contribution in [0.1, 0.15) is 6.92 Å². The van der Waals surface area contributed by atoms with Gasteiger partial charge in [0.25, 0.3) is 0 Å². The molecule has 0 saturated carbocycles. The molecule has 2 atom stereocenters. The first-order chi connectivity index (χ1) is 6.74. The zero-order valence-corrected chi connectivity index (χ0v) is 10.7. The van der Waals surface area contributed by atoms with Crippen molar-refractivity contribution in [3.05, 3.63) is 0 Å². The van der Waals surface area contributed by atoms with Crippen LogP contribution >= 0.6 is 24.2 Å². The molecule has 0 spiro atoms. The van der Waals surface area contributed by atoms with Gasteiger partial charge in [0.1, 0.15) is 6.04 Å². The number of hydrogen-bond acceptors (Lipinski definition) is 4. The number of hydrogen-bond donors (Lipinski definition) is 2. The van der Waals surface area contributed by atoms with Crippen LogP contribution in [0, 0.1) is 0 Å². The van der Waals surface area contributed by atoms with Gasteiger partial charge in [0.05, 0.1) is 13.2 Å². The van der Waals surface area contributed by atoms with E-state index in [4.69, 9.17) is 4.74 Å². The molecule has 0 radical (unpaired) electrons. The average molecular weight is 255 g/mol. The van der Waals surface area contributed by atoms with Crippen molar-refractivity contribution < 1.29 is 9.53 Å². The highest BCUT2D eigenvalue weighted by Gasteiger charge is 2.21. The number of nitrogens with one attached hydrogen (secondary N) is 2. The van der Waals surface area contributed by atoms with E-state index in [1.807, 2.05) is 13.2 Å². The number of thioether (sulfide) groups is 1. The fourth-order valence-electron chi connectivity index (χ4n) is 1.37. The monoisotopic (exact) mass is 254 g/mol. The quantitative estimate of drug-likeness (QED) is 0.756. The maximum absolute atomic E-state index is 11.6. The normalized spacial score (nSPS) is 22.7. The average Bonchev–Trinajstić information content (AvgIpc) is 2.19. The third-order valence-electron chi connectivity index (χ3n) is 2.04. The Balaban J connectivity index is 0.00000196. The fraction of sp³-hybridized carbons (Fsp3) is 0.889. The first-order valence-electron chi connectivity index (χ1n) is 4.84. The highest BCUT2D eigenvalue weighted by Crippen LogP contribution is 1.98. The van der Waals surface area contributed by atoms with Gasteiger partial charge in [-0.15, -0.1) is 12.4 Å². The number of halogens is 1. The summed E-state index contributed by atoms with van der Waals surface area (Å²) in [7, 11) is 0. The maximum atomic E-state index is 11.6. The summed E-state index contributed by atoms with van der Waals surface area (Å²) in [5, 5.41) is 6.07. The minimum absolute atomic E-state index is 0. The van der Waals surface area contributed by atoms with Gasteiger partial charge in [0, 0.05) is 18.3 Å². The zero-order chi connectivity index (χ0) is 10.4. The molecule has 4 nitrogen and oxygen atoms in total. The predicted octanol–water partition coefficient (Wildman–Crippen LogP) is 0.264. The van der Waals surface area contributed by atoms with Crippen molar-refractivity contribution in [2.24, 2.45) is 0 Å². The Bertz CT molecular complexity index is 189. The number of carbonyl (C=O) groups is 1. The van der Waals surface area contributed by atoms with Crippen molar-refractivity contribution in [2.75, 3.05) is 31.8 Å². The molecule has 0 bridgehead atoms. The van der Waals surface area contributed by atoms with Crippen LogP contribution in [0.15, 0.2) is 0 Å². The van der Waals surface area contributed by atoms with Gasteiger partial charge >= 0.3 is 0 Å². The van der Waals surface area contributed by atoms with Gasteiger partial charge in [-0.3, -0.25) is 4.79 Å². The Morgan fingerprint density at radius 3 is 3.00 bits per heavy atom. The SMILES string of the molecule is CSCC(C)NC(=O)C1COCCN1.Cl. The van der Waals surface area contributed by atoms with Crippen molar-refractivity contribution >= 4 is 30.1 Å². The number of amides is 1. The zero-order valence-electron chi connectivity index (χ0n) is 9.12. The molecule has 1 amide bonds. The molecule has 1 fully saturated rings. The van der Waals surface area contributed by atoms with Crippen molar-refractivity contribution in [2.45, 2.75) is 19.0 Å². The lowest BCUT2D eigenvalue weighted by molar-refractivity contribution is -0.126. The molecule has 6 heteroatoms. The van der Waals surface area contributed by atoms with Crippen LogP contribution in [0.3, 0.4) is 0 Å². The molecular weight excluding hydrogens is 236 g/mol. The molecule has 1 aliphatic rings. The highest BCUT2D eigenvalue weighted by molar-refractivity contribution is 7.98. The minimum Gasteiger partial charge on any atom is -0.378 e. The third kappa shape index (κ3) is 5.61. The van der Waals surface area contributed by atoms with Gasteiger partial charge < -0.3 is 15.4 Å². The number of carbonyl (C=O) groups excluding carboxylic acids is 1. The standard InChI is InChI=1S/C9H18N2O2S.ClH/c1-7(6-14-2)11-9(12)8-5-13-4-3-10-8;/h7-8,10H,3-6H2,1-2H3,(H,11,12);1H. The highest BCUT2D eigenvalue weighted by atomic mass is 35.5. The first-order valence-corrected chi connectivity index (χ1v) is 6.24. The van der Waals surface area contributed by atoms with Crippen LogP contribution in [0.4, 0.5) is 0 Å². The van der Waals surface area contributed by atoms with Crippen molar-refractivity contribution in [3.8, 4) is 0 Å². The van der Waals surface area contributed by atoms with E-state index in [1.54, 1.807) is 11.8 Å². The van der Waals surface area contributed by atoms with Crippen molar-refractivity contribution in [3.63, 3.8) is 0 Å². The van der Waals surface area contributed by atoms with Gasteiger partial charge in [-0.2, -0.15) is 11.8 Å². The summed E-state index contributed by atoms with van der Waals surface area (Å²) in [6.07, 6.45) is 2.03. The summed E-state index contributed by atoms with van der Waals surface area (Å²) >= 11 is 1.73. The van der Waals surface area contributed by atoms with Gasteiger partial charge in [-0.25, -0.2) is 0 Å². The van der Waals surface area contributed by atoms with Gasteiger partial charge in [-0.1, -0.05) is 0 Å². The Morgan fingerprint density at radius 1 is 1.73 bits per heavy atom. The largest absolute Gasteiger partial charge is 0.378 e. The second-order valence-corrected chi connectivity index (χ2v) is 4.36. The molecular formula is C9H19ClN2O2S. The second-order valence-electron chi connectivity index (χ2n) is 3.45. The molecule has 0 aromatic carbocycles. The Kier molecular flexibility index (Phi) is 8.23. The van der Waals surface area contributed by atoms with E-state index < -0.39 is 0 Å². The minimum atomic E-state index is -0.173. The third-order valence-corrected chi connectivity index (χ3v) is 2.88. The summed E-state index contributed by atoms with van der Waals surface area (Å²) in [5.41, 5.74) is 0. The lowest BCUT2D eigenvalue weighted by Gasteiger charge is -2.24. The lowest BCUT2D eigenvalue weighted by atomic mass is 10.2. The summed E-state index contributed by atoms with van der Waals surface area (Å²) in [5.74, 6) is 0.991. The van der Waals surface area contributed by atoms with Crippen LogP contribution in [-0.4, -0.2) is 49.8 Å². The Hall–Kier alpha value is 0.0300.